The second-order valence-corrected chi connectivity index (χ2v) is 8.19. The topological polar surface area (TPSA) is 105 Å². The minimum Gasteiger partial charge on any atom is -0.449 e. The minimum absolute atomic E-state index is 0.00919. The van der Waals surface area contributed by atoms with Crippen molar-refractivity contribution in [1.29, 1.82) is 0 Å². The molecule has 3 aromatic carbocycles. The number of alkyl carbamates (subject to hydrolysis) is 1. The zero-order valence-electron chi connectivity index (χ0n) is 18.0. The second kappa shape index (κ2) is 9.42. The Bertz CT molecular complexity index is 1070. The van der Waals surface area contributed by atoms with Gasteiger partial charge in [-0.15, -0.1) is 0 Å². The third-order valence-electron chi connectivity index (χ3n) is 5.98. The van der Waals surface area contributed by atoms with E-state index in [1.165, 1.54) is 11.1 Å². The molecule has 5 N–H and O–H groups in total. The van der Waals surface area contributed by atoms with Gasteiger partial charge in [0.1, 0.15) is 12.7 Å². The number of fused-ring (bicyclic) bond motifs is 3. The van der Waals surface area contributed by atoms with Gasteiger partial charge in [-0.05, 0) is 47.2 Å². The molecule has 6 heteroatoms. The summed E-state index contributed by atoms with van der Waals surface area (Å²) in [7, 11) is 0. The third-order valence-corrected chi connectivity index (χ3v) is 5.98. The quantitative estimate of drug-likeness (QED) is 0.424. The fraction of sp³-hybridized carbons (Fsp3) is 0.269. The molecule has 0 fully saturated rings. The molecular formula is C26H28N2O4. The Morgan fingerprint density at radius 2 is 1.66 bits per heavy atom. The molecule has 166 valence electrons. The number of anilines is 1. The Balaban J connectivity index is 1.29. The molecule has 1 aliphatic carbocycles. The predicted octanol–water partition coefficient (Wildman–Crippen LogP) is 3.90. The van der Waals surface area contributed by atoms with Gasteiger partial charge in [0.05, 0.1) is 6.10 Å². The summed E-state index contributed by atoms with van der Waals surface area (Å²) < 4.78 is 5.48. The molecule has 0 heterocycles. The van der Waals surface area contributed by atoms with Crippen molar-refractivity contribution < 1.29 is 19.7 Å². The van der Waals surface area contributed by atoms with E-state index in [2.05, 4.69) is 29.6 Å². The Labute approximate surface area is 187 Å². The maximum atomic E-state index is 12.2. The van der Waals surface area contributed by atoms with Gasteiger partial charge in [0.2, 0.25) is 0 Å². The first-order valence-electron chi connectivity index (χ1n) is 10.8. The number of ether oxygens (including phenoxy) is 1. The van der Waals surface area contributed by atoms with Gasteiger partial charge in [-0.3, -0.25) is 0 Å². The van der Waals surface area contributed by atoms with Crippen LogP contribution in [0.5, 0.6) is 0 Å². The molecule has 0 aliphatic heterocycles. The maximum Gasteiger partial charge on any atom is 0.407 e. The summed E-state index contributed by atoms with van der Waals surface area (Å²) in [6.45, 7) is 2.30. The highest BCUT2D eigenvalue weighted by molar-refractivity contribution is 5.79. The molecule has 1 aliphatic rings. The number of nitrogens with one attached hydrogen (secondary N) is 1. The highest BCUT2D eigenvalue weighted by atomic mass is 16.5. The lowest BCUT2D eigenvalue weighted by molar-refractivity contribution is 0.0141. The Hall–Kier alpha value is -3.35. The molecule has 6 nitrogen and oxygen atoms in total. The van der Waals surface area contributed by atoms with Crippen LogP contribution in [0.15, 0.2) is 66.7 Å². The molecule has 1 amide bonds. The summed E-state index contributed by atoms with van der Waals surface area (Å²) in [6.07, 6.45) is -2.57. The summed E-state index contributed by atoms with van der Waals surface area (Å²) in [5.74, 6) is -0.00919. The Morgan fingerprint density at radius 1 is 1.03 bits per heavy atom. The monoisotopic (exact) mass is 432 g/mol. The normalized spacial score (nSPS) is 14.3. The van der Waals surface area contributed by atoms with E-state index in [4.69, 9.17) is 10.5 Å². The van der Waals surface area contributed by atoms with E-state index < -0.39 is 18.3 Å². The van der Waals surface area contributed by atoms with E-state index in [1.807, 2.05) is 37.3 Å². The van der Waals surface area contributed by atoms with Gasteiger partial charge in [-0.25, -0.2) is 4.79 Å². The molecule has 0 saturated carbocycles. The van der Waals surface area contributed by atoms with E-state index in [1.54, 1.807) is 12.1 Å². The van der Waals surface area contributed by atoms with Gasteiger partial charge in [-0.1, -0.05) is 60.7 Å². The first-order chi connectivity index (χ1) is 15.5. The lowest BCUT2D eigenvalue weighted by Gasteiger charge is -2.20. The number of amides is 1. The van der Waals surface area contributed by atoms with E-state index in [0.717, 1.165) is 16.7 Å². The van der Waals surface area contributed by atoms with Gasteiger partial charge in [0.15, 0.2) is 0 Å². The van der Waals surface area contributed by atoms with Crippen molar-refractivity contribution in [2.24, 2.45) is 0 Å². The summed E-state index contributed by atoms with van der Waals surface area (Å²) in [5.41, 5.74) is 12.5. The number of hydrogen-bond acceptors (Lipinski definition) is 5. The molecule has 2 atom stereocenters. The van der Waals surface area contributed by atoms with Crippen molar-refractivity contribution >= 4 is 11.8 Å². The largest absolute Gasteiger partial charge is 0.449 e. The van der Waals surface area contributed by atoms with Crippen molar-refractivity contribution in [3.8, 4) is 11.1 Å². The number of aliphatic hydroxyl groups is 2. The summed E-state index contributed by atoms with van der Waals surface area (Å²) in [6, 6.07) is 21.6. The zero-order chi connectivity index (χ0) is 22.7. The van der Waals surface area contributed by atoms with E-state index in [9.17, 15) is 15.0 Å². The molecule has 0 aromatic heterocycles. The van der Waals surface area contributed by atoms with Gasteiger partial charge in [-0.2, -0.15) is 0 Å². The SMILES string of the molecule is Cc1ccc(C(O)C(O)CCNC(=O)OCC2c3ccccc3-c3ccccc32)c(N)c1. The number of rotatable bonds is 7. The number of benzene rings is 3. The van der Waals surface area contributed by atoms with Crippen LogP contribution in [-0.2, 0) is 4.74 Å². The van der Waals surface area contributed by atoms with Gasteiger partial charge >= 0.3 is 6.09 Å². The number of carbonyl (C=O) groups is 1. The van der Waals surface area contributed by atoms with E-state index >= 15 is 0 Å². The van der Waals surface area contributed by atoms with Crippen molar-refractivity contribution in [2.75, 3.05) is 18.9 Å². The van der Waals surface area contributed by atoms with Gasteiger partial charge < -0.3 is 26.0 Å². The molecule has 32 heavy (non-hydrogen) atoms. The number of carbonyl (C=O) groups excluding carboxylic acids is 1. The van der Waals surface area contributed by atoms with Crippen molar-refractivity contribution in [1.82, 2.24) is 5.32 Å². The number of hydrogen-bond donors (Lipinski definition) is 4. The molecule has 2 unspecified atom stereocenters. The lowest BCUT2D eigenvalue weighted by atomic mass is 9.98. The third kappa shape index (κ3) is 4.47. The van der Waals surface area contributed by atoms with Crippen LogP contribution in [0.25, 0.3) is 11.1 Å². The van der Waals surface area contributed by atoms with Crippen LogP contribution < -0.4 is 11.1 Å². The average molecular weight is 433 g/mol. The van der Waals surface area contributed by atoms with Crippen LogP contribution in [0.1, 0.15) is 40.7 Å². The molecule has 0 saturated heterocycles. The summed E-state index contributed by atoms with van der Waals surface area (Å²) >= 11 is 0. The summed E-state index contributed by atoms with van der Waals surface area (Å²) in [4.78, 5) is 12.2. The molecule has 4 rings (SSSR count). The van der Waals surface area contributed by atoms with Gasteiger partial charge in [0.25, 0.3) is 0 Å². The molecule has 3 aromatic rings. The molecule has 0 spiro atoms. The first kappa shape index (κ1) is 21.9. The number of nitrogen functional groups attached to an aromatic ring is 1. The number of aliphatic hydroxyl groups excluding tert-OH is 2. The standard InChI is InChI=1S/C26H28N2O4/c1-16-10-11-21(23(27)14-16)25(30)24(29)12-13-28-26(31)32-15-22-19-8-4-2-6-17(19)18-7-3-5-9-20(18)22/h2-11,14,22,24-25,29-30H,12-13,15,27H2,1H3,(H,28,31). The number of nitrogens with two attached hydrogens (primary N) is 1. The molecular weight excluding hydrogens is 404 g/mol. The smallest absolute Gasteiger partial charge is 0.407 e. The first-order valence-corrected chi connectivity index (χ1v) is 10.8. The average Bonchev–Trinajstić information content (AvgIpc) is 3.11. The van der Waals surface area contributed by atoms with Crippen LogP contribution in [0.3, 0.4) is 0 Å². The highest BCUT2D eigenvalue weighted by Crippen LogP contribution is 2.44. The fourth-order valence-electron chi connectivity index (χ4n) is 4.30. The van der Waals surface area contributed by atoms with Crippen molar-refractivity contribution in [3.05, 3.63) is 89.0 Å². The van der Waals surface area contributed by atoms with E-state index in [0.29, 0.717) is 11.3 Å². The number of aryl methyl sites for hydroxylation is 1. The Kier molecular flexibility index (Phi) is 6.44. The van der Waals surface area contributed by atoms with Crippen LogP contribution in [0.2, 0.25) is 0 Å². The molecule has 0 bridgehead atoms. The molecule has 0 radical (unpaired) electrons. The lowest BCUT2D eigenvalue weighted by Crippen LogP contribution is -2.30. The van der Waals surface area contributed by atoms with Crippen LogP contribution in [-0.4, -0.2) is 35.6 Å². The van der Waals surface area contributed by atoms with Crippen LogP contribution in [0.4, 0.5) is 10.5 Å². The predicted molar refractivity (Wildman–Crippen MR) is 124 cm³/mol. The zero-order valence-corrected chi connectivity index (χ0v) is 18.0. The fourth-order valence-corrected chi connectivity index (χ4v) is 4.30. The highest BCUT2D eigenvalue weighted by Gasteiger charge is 2.29. The van der Waals surface area contributed by atoms with Crippen LogP contribution >= 0.6 is 0 Å². The minimum atomic E-state index is -1.13. The summed E-state index contributed by atoms with van der Waals surface area (Å²) in [5, 5.41) is 23.3. The van der Waals surface area contributed by atoms with Crippen molar-refractivity contribution in [3.63, 3.8) is 0 Å². The second-order valence-electron chi connectivity index (χ2n) is 8.19. The Morgan fingerprint density at radius 3 is 2.28 bits per heavy atom. The van der Waals surface area contributed by atoms with E-state index in [-0.39, 0.29) is 25.5 Å². The van der Waals surface area contributed by atoms with Gasteiger partial charge in [0, 0.05) is 23.7 Å². The van der Waals surface area contributed by atoms with Crippen molar-refractivity contribution in [2.45, 2.75) is 31.5 Å². The maximum absolute atomic E-state index is 12.2. The van der Waals surface area contributed by atoms with Crippen LogP contribution in [0, 0.1) is 6.92 Å².